The molecule has 100 valence electrons. The molecule has 0 atom stereocenters. The first-order chi connectivity index (χ1) is 9.25. The van der Waals surface area contributed by atoms with Crippen LogP contribution in [0.2, 0.25) is 0 Å². The van der Waals surface area contributed by atoms with E-state index in [0.717, 1.165) is 22.5 Å². The van der Waals surface area contributed by atoms with E-state index in [4.69, 9.17) is 0 Å². The summed E-state index contributed by atoms with van der Waals surface area (Å²) in [5, 5.41) is 3.30. The average Bonchev–Trinajstić information content (AvgIpc) is 2.84. The van der Waals surface area contributed by atoms with Crippen LogP contribution in [-0.2, 0) is 5.41 Å². The van der Waals surface area contributed by atoms with Crippen molar-refractivity contribution in [1.82, 2.24) is 15.3 Å². The Bertz CT molecular complexity index is 572. The lowest BCUT2D eigenvalue weighted by Gasteiger charge is -2.40. The summed E-state index contributed by atoms with van der Waals surface area (Å²) in [6, 6.07) is 8.24. The third-order valence-electron chi connectivity index (χ3n) is 4.07. The molecule has 3 nitrogen and oxygen atoms in total. The molecule has 0 spiro atoms. The zero-order chi connectivity index (χ0) is 13.3. The summed E-state index contributed by atoms with van der Waals surface area (Å²) < 4.78 is 1.10. The number of hydrogen-bond acceptors (Lipinski definition) is 2. The summed E-state index contributed by atoms with van der Waals surface area (Å²) in [6.07, 6.45) is 5.69. The molecule has 1 aliphatic carbocycles. The first kappa shape index (κ1) is 12.9. The molecule has 1 aromatic heterocycles. The van der Waals surface area contributed by atoms with Gasteiger partial charge in [0.1, 0.15) is 5.82 Å². The molecule has 0 unspecified atom stereocenters. The van der Waals surface area contributed by atoms with E-state index in [-0.39, 0.29) is 5.41 Å². The molecule has 0 bridgehead atoms. The van der Waals surface area contributed by atoms with E-state index >= 15 is 0 Å². The summed E-state index contributed by atoms with van der Waals surface area (Å²) >= 11 is 3.59. The first-order valence-corrected chi connectivity index (χ1v) is 7.49. The molecule has 2 aromatic rings. The molecule has 3 rings (SSSR count). The molecule has 0 amide bonds. The van der Waals surface area contributed by atoms with Gasteiger partial charge in [0.15, 0.2) is 0 Å². The average molecular weight is 320 g/mol. The molecule has 2 N–H and O–H groups in total. The predicted octanol–water partition coefficient (Wildman–Crippen LogP) is 3.48. The molecule has 0 radical (unpaired) electrons. The Kier molecular flexibility index (Phi) is 3.46. The van der Waals surface area contributed by atoms with Gasteiger partial charge in [-0.25, -0.2) is 4.98 Å². The summed E-state index contributed by atoms with van der Waals surface area (Å²) in [4.78, 5) is 8.15. The Morgan fingerprint density at radius 2 is 2.16 bits per heavy atom. The van der Waals surface area contributed by atoms with Gasteiger partial charge in [0.25, 0.3) is 0 Å². The van der Waals surface area contributed by atoms with E-state index in [2.05, 4.69) is 43.3 Å². The Morgan fingerprint density at radius 3 is 2.79 bits per heavy atom. The number of aromatic amines is 1. The van der Waals surface area contributed by atoms with Gasteiger partial charge in [-0.15, -0.1) is 0 Å². The Morgan fingerprint density at radius 1 is 1.37 bits per heavy atom. The van der Waals surface area contributed by atoms with Crippen molar-refractivity contribution in [2.75, 3.05) is 13.6 Å². The van der Waals surface area contributed by atoms with Crippen LogP contribution in [0.15, 0.2) is 34.9 Å². The van der Waals surface area contributed by atoms with Gasteiger partial charge in [-0.2, -0.15) is 0 Å². The van der Waals surface area contributed by atoms with Crippen LogP contribution in [0.3, 0.4) is 0 Å². The second-order valence-electron chi connectivity index (χ2n) is 5.29. The monoisotopic (exact) mass is 319 g/mol. The second-order valence-corrected chi connectivity index (χ2v) is 6.14. The highest BCUT2D eigenvalue weighted by Crippen LogP contribution is 2.42. The zero-order valence-electron chi connectivity index (χ0n) is 11.0. The maximum atomic E-state index is 4.63. The van der Waals surface area contributed by atoms with Gasteiger partial charge in [-0.05, 0) is 26.0 Å². The first-order valence-electron chi connectivity index (χ1n) is 6.70. The van der Waals surface area contributed by atoms with Crippen LogP contribution in [0.1, 0.15) is 25.1 Å². The fourth-order valence-electron chi connectivity index (χ4n) is 2.85. The Hall–Kier alpha value is -1.13. The summed E-state index contributed by atoms with van der Waals surface area (Å²) in [6.45, 7) is 0.996. The lowest BCUT2D eigenvalue weighted by molar-refractivity contribution is 0.226. The highest BCUT2D eigenvalue weighted by Gasteiger charge is 2.40. The summed E-state index contributed by atoms with van der Waals surface area (Å²) in [7, 11) is 2.01. The molecule has 0 aliphatic heterocycles. The van der Waals surface area contributed by atoms with Gasteiger partial charge in [0, 0.05) is 22.0 Å². The number of imidazole rings is 1. The van der Waals surface area contributed by atoms with Crippen molar-refractivity contribution < 1.29 is 0 Å². The molecule has 19 heavy (non-hydrogen) atoms. The quantitative estimate of drug-likeness (QED) is 0.905. The van der Waals surface area contributed by atoms with E-state index in [0.29, 0.717) is 0 Å². The fraction of sp³-hybridized carbons (Fsp3) is 0.400. The van der Waals surface area contributed by atoms with Crippen LogP contribution in [0.5, 0.6) is 0 Å². The zero-order valence-corrected chi connectivity index (χ0v) is 12.6. The smallest absolute Gasteiger partial charge is 0.114 e. The number of likely N-dealkylation sites (N-methyl/N-ethyl adjacent to an activating group) is 1. The van der Waals surface area contributed by atoms with Crippen molar-refractivity contribution in [3.63, 3.8) is 0 Å². The summed E-state index contributed by atoms with van der Waals surface area (Å²) in [5.74, 6) is 1.12. The van der Waals surface area contributed by atoms with E-state index in [1.165, 1.54) is 24.8 Å². The van der Waals surface area contributed by atoms with Crippen molar-refractivity contribution in [2.45, 2.75) is 24.7 Å². The minimum atomic E-state index is 0.217. The van der Waals surface area contributed by atoms with Crippen LogP contribution in [0.4, 0.5) is 0 Å². The van der Waals surface area contributed by atoms with Crippen molar-refractivity contribution in [2.24, 2.45) is 0 Å². The van der Waals surface area contributed by atoms with E-state index in [9.17, 15) is 0 Å². The number of hydrogen-bond donors (Lipinski definition) is 2. The maximum Gasteiger partial charge on any atom is 0.114 e. The lowest BCUT2D eigenvalue weighted by atomic mass is 9.68. The fourth-order valence-corrected chi connectivity index (χ4v) is 3.34. The van der Waals surface area contributed by atoms with Crippen LogP contribution < -0.4 is 5.32 Å². The topological polar surface area (TPSA) is 40.7 Å². The number of nitrogens with zero attached hydrogens (tertiary/aromatic N) is 1. The van der Waals surface area contributed by atoms with Crippen LogP contribution >= 0.6 is 15.9 Å². The van der Waals surface area contributed by atoms with Crippen LogP contribution in [-0.4, -0.2) is 23.6 Å². The molecule has 0 saturated heterocycles. The van der Waals surface area contributed by atoms with Crippen molar-refractivity contribution >= 4 is 15.9 Å². The number of benzene rings is 1. The van der Waals surface area contributed by atoms with Crippen molar-refractivity contribution in [3.05, 3.63) is 40.8 Å². The van der Waals surface area contributed by atoms with Crippen molar-refractivity contribution in [1.29, 1.82) is 0 Å². The number of H-pyrrole nitrogens is 1. The normalized spacial score (nSPS) is 17.2. The van der Waals surface area contributed by atoms with Gasteiger partial charge in [0.2, 0.25) is 0 Å². The van der Waals surface area contributed by atoms with Gasteiger partial charge < -0.3 is 10.3 Å². The molecule has 1 fully saturated rings. The molecular weight excluding hydrogens is 302 g/mol. The van der Waals surface area contributed by atoms with Crippen molar-refractivity contribution in [3.8, 4) is 11.3 Å². The SMILES string of the molecule is CNCC1(c2ncc(-c3ccccc3Br)[nH]2)CCC1. The minimum Gasteiger partial charge on any atom is -0.341 e. The van der Waals surface area contributed by atoms with E-state index in [1.807, 2.05) is 25.4 Å². The van der Waals surface area contributed by atoms with E-state index < -0.39 is 0 Å². The number of aromatic nitrogens is 2. The minimum absolute atomic E-state index is 0.217. The predicted molar refractivity (Wildman–Crippen MR) is 81.2 cm³/mol. The van der Waals surface area contributed by atoms with Crippen LogP contribution in [0, 0.1) is 0 Å². The van der Waals surface area contributed by atoms with Crippen LogP contribution in [0.25, 0.3) is 11.3 Å². The van der Waals surface area contributed by atoms with E-state index in [1.54, 1.807) is 0 Å². The third kappa shape index (κ3) is 2.23. The van der Waals surface area contributed by atoms with Gasteiger partial charge in [-0.3, -0.25) is 0 Å². The molecule has 4 heteroatoms. The van der Waals surface area contributed by atoms with Gasteiger partial charge >= 0.3 is 0 Å². The second kappa shape index (κ2) is 5.10. The third-order valence-corrected chi connectivity index (χ3v) is 4.76. The molecule has 1 aliphatic rings. The number of nitrogens with one attached hydrogen (secondary N) is 2. The Balaban J connectivity index is 1.93. The van der Waals surface area contributed by atoms with Gasteiger partial charge in [-0.1, -0.05) is 40.5 Å². The highest BCUT2D eigenvalue weighted by atomic mass is 79.9. The molecule has 1 heterocycles. The van der Waals surface area contributed by atoms with Gasteiger partial charge in [0.05, 0.1) is 11.9 Å². The molecular formula is C15H18BrN3. The summed E-state index contributed by atoms with van der Waals surface area (Å²) in [5.41, 5.74) is 2.47. The highest BCUT2D eigenvalue weighted by molar-refractivity contribution is 9.10. The molecule has 1 aromatic carbocycles. The molecule has 1 saturated carbocycles. The largest absolute Gasteiger partial charge is 0.341 e. The number of halogens is 1. The Labute approximate surface area is 122 Å². The number of rotatable bonds is 4. The lowest BCUT2D eigenvalue weighted by Crippen LogP contribution is -2.43. The maximum absolute atomic E-state index is 4.63. The standard InChI is InChI=1S/C15H18BrN3/c1-17-10-15(7-4-8-15)14-18-9-13(19-14)11-5-2-3-6-12(11)16/h2-3,5-6,9,17H,4,7-8,10H2,1H3,(H,18,19).